The summed E-state index contributed by atoms with van der Waals surface area (Å²) in [6.45, 7) is 4.34. The van der Waals surface area contributed by atoms with E-state index in [1.165, 1.54) is 11.1 Å². The van der Waals surface area contributed by atoms with Crippen LogP contribution in [-0.4, -0.2) is 6.04 Å². The Hall–Kier alpha value is -0.990. The zero-order chi connectivity index (χ0) is 14.5. The first-order valence-corrected chi connectivity index (χ1v) is 7.99. The maximum Gasteiger partial charge on any atom is 0.0549 e. The highest BCUT2D eigenvalue weighted by atomic mass is 79.9. The summed E-state index contributed by atoms with van der Waals surface area (Å²) in [4.78, 5) is 0. The molecule has 0 aliphatic rings. The van der Waals surface area contributed by atoms with Gasteiger partial charge in [-0.3, -0.25) is 0 Å². The second-order valence-corrected chi connectivity index (χ2v) is 6.46. The average Bonchev–Trinajstić information content (AvgIpc) is 2.41. The van der Waals surface area contributed by atoms with Crippen molar-refractivity contribution in [3.63, 3.8) is 0 Å². The number of benzene rings is 2. The topological polar surface area (TPSA) is 12.0 Å². The summed E-state index contributed by atoms with van der Waals surface area (Å²) in [5, 5.41) is 4.24. The van der Waals surface area contributed by atoms with E-state index in [4.69, 9.17) is 11.6 Å². The van der Waals surface area contributed by atoms with Gasteiger partial charge in [0.05, 0.1) is 5.02 Å². The highest BCUT2D eigenvalue weighted by Gasteiger charge is 2.05. The van der Waals surface area contributed by atoms with E-state index in [2.05, 4.69) is 59.4 Å². The SMILES string of the molecule is Cc1cccc(CCC(C)Nc2ccc(Cl)c(Br)c2)c1. The summed E-state index contributed by atoms with van der Waals surface area (Å²) in [6.07, 6.45) is 2.19. The lowest BCUT2D eigenvalue weighted by Crippen LogP contribution is -2.15. The summed E-state index contributed by atoms with van der Waals surface area (Å²) >= 11 is 9.45. The van der Waals surface area contributed by atoms with E-state index in [1.54, 1.807) is 0 Å². The maximum atomic E-state index is 6.00. The van der Waals surface area contributed by atoms with E-state index < -0.39 is 0 Å². The fraction of sp³-hybridized carbons (Fsp3) is 0.294. The number of rotatable bonds is 5. The predicted octanol–water partition coefficient (Wildman–Crippen LogP) is 5.84. The monoisotopic (exact) mass is 351 g/mol. The molecule has 2 rings (SSSR count). The molecule has 0 radical (unpaired) electrons. The third kappa shape index (κ3) is 4.53. The van der Waals surface area contributed by atoms with E-state index in [0.29, 0.717) is 6.04 Å². The summed E-state index contributed by atoms with van der Waals surface area (Å²) < 4.78 is 0.926. The van der Waals surface area contributed by atoms with Gasteiger partial charge in [-0.05, 0) is 66.4 Å². The molecule has 20 heavy (non-hydrogen) atoms. The van der Waals surface area contributed by atoms with Gasteiger partial charge < -0.3 is 5.32 Å². The first-order valence-electron chi connectivity index (χ1n) is 6.82. The summed E-state index contributed by atoms with van der Waals surface area (Å²) in [6, 6.07) is 15.1. The largest absolute Gasteiger partial charge is 0.383 e. The third-order valence-corrected chi connectivity index (χ3v) is 4.50. The van der Waals surface area contributed by atoms with Gasteiger partial charge in [0.2, 0.25) is 0 Å². The van der Waals surface area contributed by atoms with Gasteiger partial charge >= 0.3 is 0 Å². The van der Waals surface area contributed by atoms with E-state index in [9.17, 15) is 0 Å². The fourth-order valence-electron chi connectivity index (χ4n) is 2.19. The summed E-state index contributed by atoms with van der Waals surface area (Å²) in [7, 11) is 0. The van der Waals surface area contributed by atoms with E-state index in [1.807, 2.05) is 18.2 Å². The van der Waals surface area contributed by atoms with Crippen molar-refractivity contribution in [1.29, 1.82) is 0 Å². The van der Waals surface area contributed by atoms with Crippen molar-refractivity contribution in [2.45, 2.75) is 32.7 Å². The van der Waals surface area contributed by atoms with Gasteiger partial charge in [0, 0.05) is 16.2 Å². The first-order chi connectivity index (χ1) is 9.54. The Balaban J connectivity index is 1.89. The Kier molecular flexibility index (Phi) is 5.50. The molecule has 0 aromatic heterocycles. The number of anilines is 1. The molecule has 2 aromatic carbocycles. The molecule has 106 valence electrons. The number of halogens is 2. The molecule has 2 aromatic rings. The molecular formula is C17H19BrClN. The standard InChI is InChI=1S/C17H19BrClN/c1-12-4-3-5-14(10-12)7-6-13(2)20-15-8-9-17(19)16(18)11-15/h3-5,8-11,13,20H,6-7H2,1-2H3. The van der Waals surface area contributed by atoms with Crippen molar-refractivity contribution in [1.82, 2.24) is 0 Å². The quantitative estimate of drug-likeness (QED) is 0.712. The smallest absolute Gasteiger partial charge is 0.0549 e. The molecule has 0 amide bonds. The van der Waals surface area contributed by atoms with Crippen LogP contribution in [0.2, 0.25) is 5.02 Å². The number of nitrogens with one attached hydrogen (secondary N) is 1. The van der Waals surface area contributed by atoms with Gasteiger partial charge in [-0.2, -0.15) is 0 Å². The lowest BCUT2D eigenvalue weighted by Gasteiger charge is -2.16. The highest BCUT2D eigenvalue weighted by Crippen LogP contribution is 2.26. The molecule has 0 saturated heterocycles. The van der Waals surface area contributed by atoms with Crippen LogP contribution in [-0.2, 0) is 6.42 Å². The number of aryl methyl sites for hydroxylation is 2. The van der Waals surface area contributed by atoms with Crippen LogP contribution in [0.15, 0.2) is 46.9 Å². The van der Waals surface area contributed by atoms with Crippen molar-refractivity contribution >= 4 is 33.2 Å². The molecule has 3 heteroatoms. The second kappa shape index (κ2) is 7.14. The van der Waals surface area contributed by atoms with Crippen LogP contribution in [0.5, 0.6) is 0 Å². The van der Waals surface area contributed by atoms with Crippen LogP contribution in [0.25, 0.3) is 0 Å². The molecular weight excluding hydrogens is 334 g/mol. The van der Waals surface area contributed by atoms with Gasteiger partial charge in [-0.25, -0.2) is 0 Å². The van der Waals surface area contributed by atoms with Gasteiger partial charge in [0.15, 0.2) is 0 Å². The van der Waals surface area contributed by atoms with Crippen LogP contribution in [0.3, 0.4) is 0 Å². The fourth-order valence-corrected chi connectivity index (χ4v) is 2.69. The first kappa shape index (κ1) is 15.4. The van der Waals surface area contributed by atoms with Gasteiger partial charge in [-0.15, -0.1) is 0 Å². The normalized spacial score (nSPS) is 12.2. The lowest BCUT2D eigenvalue weighted by molar-refractivity contribution is 0.706. The zero-order valence-corrected chi connectivity index (χ0v) is 14.1. The minimum Gasteiger partial charge on any atom is -0.383 e. The van der Waals surface area contributed by atoms with Crippen molar-refractivity contribution in [3.05, 3.63) is 63.1 Å². The van der Waals surface area contributed by atoms with Gasteiger partial charge in [0.25, 0.3) is 0 Å². The Labute approximate surface area is 134 Å². The van der Waals surface area contributed by atoms with Crippen LogP contribution >= 0.6 is 27.5 Å². The van der Waals surface area contributed by atoms with Crippen molar-refractivity contribution in [2.75, 3.05) is 5.32 Å². The average molecular weight is 353 g/mol. The van der Waals surface area contributed by atoms with Gasteiger partial charge in [0.1, 0.15) is 0 Å². The number of hydrogen-bond acceptors (Lipinski definition) is 1. The van der Waals surface area contributed by atoms with Crippen molar-refractivity contribution in [2.24, 2.45) is 0 Å². The molecule has 1 atom stereocenters. The highest BCUT2D eigenvalue weighted by molar-refractivity contribution is 9.10. The molecule has 1 N–H and O–H groups in total. The van der Waals surface area contributed by atoms with Crippen molar-refractivity contribution in [3.8, 4) is 0 Å². The molecule has 1 unspecified atom stereocenters. The zero-order valence-electron chi connectivity index (χ0n) is 11.8. The van der Waals surface area contributed by atoms with Crippen LogP contribution in [0.1, 0.15) is 24.5 Å². The Morgan fingerprint density at radius 2 is 2.00 bits per heavy atom. The lowest BCUT2D eigenvalue weighted by atomic mass is 10.0. The molecule has 0 heterocycles. The Morgan fingerprint density at radius 1 is 1.20 bits per heavy atom. The maximum absolute atomic E-state index is 6.00. The Morgan fingerprint density at radius 3 is 2.70 bits per heavy atom. The minimum atomic E-state index is 0.420. The van der Waals surface area contributed by atoms with Crippen LogP contribution < -0.4 is 5.32 Å². The molecule has 0 bridgehead atoms. The third-order valence-electron chi connectivity index (χ3n) is 3.28. The van der Waals surface area contributed by atoms with Crippen LogP contribution in [0, 0.1) is 6.92 Å². The van der Waals surface area contributed by atoms with Crippen molar-refractivity contribution < 1.29 is 0 Å². The molecule has 0 spiro atoms. The molecule has 0 aliphatic carbocycles. The van der Waals surface area contributed by atoms with E-state index >= 15 is 0 Å². The predicted molar refractivity (Wildman–Crippen MR) is 91.7 cm³/mol. The summed E-state index contributed by atoms with van der Waals surface area (Å²) in [5.41, 5.74) is 3.82. The van der Waals surface area contributed by atoms with E-state index in [-0.39, 0.29) is 0 Å². The summed E-state index contributed by atoms with van der Waals surface area (Å²) in [5.74, 6) is 0. The van der Waals surface area contributed by atoms with E-state index in [0.717, 1.165) is 28.0 Å². The second-order valence-electron chi connectivity index (χ2n) is 5.20. The molecule has 0 saturated carbocycles. The van der Waals surface area contributed by atoms with Gasteiger partial charge in [-0.1, -0.05) is 41.4 Å². The Bertz CT molecular complexity index is 583. The minimum absolute atomic E-state index is 0.420. The molecule has 1 nitrogen and oxygen atoms in total. The molecule has 0 aliphatic heterocycles. The van der Waals surface area contributed by atoms with Crippen LogP contribution in [0.4, 0.5) is 5.69 Å². The number of hydrogen-bond donors (Lipinski definition) is 1. The molecule has 0 fully saturated rings.